The first kappa shape index (κ1) is 14.3. The molecule has 1 aromatic rings. The molecule has 0 spiro atoms. The number of likely N-dealkylation sites (tertiary alicyclic amines) is 1. The summed E-state index contributed by atoms with van der Waals surface area (Å²) >= 11 is 0. The minimum absolute atomic E-state index is 0.0999. The van der Waals surface area contributed by atoms with Crippen LogP contribution in [0.5, 0.6) is 0 Å². The molecule has 0 atom stereocenters. The zero-order valence-corrected chi connectivity index (χ0v) is 11.8. The van der Waals surface area contributed by atoms with Gasteiger partial charge in [-0.3, -0.25) is 9.78 Å². The van der Waals surface area contributed by atoms with E-state index < -0.39 is 0 Å². The highest BCUT2D eigenvalue weighted by Gasteiger charge is 2.21. The van der Waals surface area contributed by atoms with Gasteiger partial charge in [0.25, 0.3) is 0 Å². The number of hydrogen-bond donors (Lipinski definition) is 1. The molecule has 1 fully saturated rings. The van der Waals surface area contributed by atoms with E-state index in [-0.39, 0.29) is 5.91 Å². The molecule has 106 valence electrons. The van der Waals surface area contributed by atoms with Gasteiger partial charge in [0.05, 0.1) is 5.69 Å². The zero-order valence-electron chi connectivity index (χ0n) is 11.8. The molecule has 0 unspecified atom stereocenters. The topological polar surface area (TPSA) is 45.2 Å². The van der Waals surface area contributed by atoms with Crippen LogP contribution in [-0.2, 0) is 4.79 Å². The number of pyridine rings is 1. The van der Waals surface area contributed by atoms with Crippen LogP contribution in [0.3, 0.4) is 0 Å². The van der Waals surface area contributed by atoms with E-state index in [1.807, 2.05) is 42.3 Å². The first-order chi connectivity index (χ1) is 9.79. The van der Waals surface area contributed by atoms with E-state index in [0.717, 1.165) is 31.6 Å². The lowest BCUT2D eigenvalue weighted by Gasteiger charge is -2.32. The Labute approximate surface area is 120 Å². The van der Waals surface area contributed by atoms with Gasteiger partial charge in [-0.2, -0.15) is 0 Å². The normalized spacial score (nSPS) is 16.9. The number of nitrogens with zero attached hydrogens (tertiary/aromatic N) is 2. The summed E-state index contributed by atoms with van der Waals surface area (Å²) < 4.78 is 0. The van der Waals surface area contributed by atoms with E-state index in [9.17, 15) is 4.79 Å². The molecule has 0 bridgehead atoms. The SMILES string of the molecule is C/C=C/C=C/C(=O)N1CCC(Nc2cccnc2)CC1. The summed E-state index contributed by atoms with van der Waals surface area (Å²) in [5.74, 6) is 0.0999. The molecule has 0 radical (unpaired) electrons. The van der Waals surface area contributed by atoms with E-state index in [1.54, 1.807) is 18.3 Å². The van der Waals surface area contributed by atoms with Crippen LogP contribution in [0.2, 0.25) is 0 Å². The third kappa shape index (κ3) is 4.23. The second-order valence-corrected chi connectivity index (χ2v) is 4.87. The Balaban J connectivity index is 1.79. The molecule has 2 heterocycles. The van der Waals surface area contributed by atoms with E-state index >= 15 is 0 Å². The number of carbonyl (C=O) groups excluding carboxylic acids is 1. The fourth-order valence-corrected chi connectivity index (χ4v) is 2.28. The monoisotopic (exact) mass is 271 g/mol. The maximum Gasteiger partial charge on any atom is 0.246 e. The van der Waals surface area contributed by atoms with Crippen LogP contribution < -0.4 is 5.32 Å². The molecule has 1 amide bonds. The number of hydrogen-bond acceptors (Lipinski definition) is 3. The fraction of sp³-hybridized carbons (Fsp3) is 0.375. The minimum Gasteiger partial charge on any atom is -0.381 e. The van der Waals surface area contributed by atoms with Crippen molar-refractivity contribution < 1.29 is 4.79 Å². The van der Waals surface area contributed by atoms with Gasteiger partial charge in [-0.05, 0) is 31.9 Å². The Morgan fingerprint density at radius 2 is 2.20 bits per heavy atom. The van der Waals surface area contributed by atoms with Gasteiger partial charge in [-0.25, -0.2) is 0 Å². The first-order valence-electron chi connectivity index (χ1n) is 7.04. The molecule has 0 saturated carbocycles. The average Bonchev–Trinajstić information content (AvgIpc) is 2.49. The highest BCUT2D eigenvalue weighted by Crippen LogP contribution is 2.16. The van der Waals surface area contributed by atoms with Crippen LogP contribution in [0.1, 0.15) is 19.8 Å². The Hall–Kier alpha value is -2.10. The molecular weight excluding hydrogens is 250 g/mol. The summed E-state index contributed by atoms with van der Waals surface area (Å²) in [6.07, 6.45) is 12.7. The Kier molecular flexibility index (Phi) is 5.35. The van der Waals surface area contributed by atoms with Gasteiger partial charge in [0.1, 0.15) is 0 Å². The van der Waals surface area contributed by atoms with Gasteiger partial charge in [-0.1, -0.05) is 18.2 Å². The van der Waals surface area contributed by atoms with E-state index in [1.165, 1.54) is 0 Å². The minimum atomic E-state index is 0.0999. The van der Waals surface area contributed by atoms with Crippen LogP contribution >= 0.6 is 0 Å². The summed E-state index contributed by atoms with van der Waals surface area (Å²) in [5, 5.41) is 3.46. The Morgan fingerprint density at radius 1 is 1.40 bits per heavy atom. The number of amides is 1. The van der Waals surface area contributed by atoms with Crippen LogP contribution in [0, 0.1) is 0 Å². The Bertz CT molecular complexity index is 474. The standard InChI is InChI=1S/C16H21N3O/c1-2-3-4-7-16(20)19-11-8-14(9-12-19)18-15-6-5-10-17-13-15/h2-7,10,13-14,18H,8-9,11-12H2,1H3/b3-2+,7-4+. The number of piperidine rings is 1. The maximum atomic E-state index is 11.9. The van der Waals surface area contributed by atoms with Crippen molar-refractivity contribution in [2.75, 3.05) is 18.4 Å². The number of allylic oxidation sites excluding steroid dienone is 3. The highest BCUT2D eigenvalue weighted by atomic mass is 16.2. The second-order valence-electron chi connectivity index (χ2n) is 4.87. The fourth-order valence-electron chi connectivity index (χ4n) is 2.28. The lowest BCUT2D eigenvalue weighted by atomic mass is 10.0. The molecule has 1 saturated heterocycles. The van der Waals surface area contributed by atoms with Crippen molar-refractivity contribution in [1.82, 2.24) is 9.88 Å². The highest BCUT2D eigenvalue weighted by molar-refractivity contribution is 5.87. The molecule has 2 rings (SSSR count). The van der Waals surface area contributed by atoms with E-state index in [0.29, 0.717) is 6.04 Å². The molecule has 1 aromatic heterocycles. The van der Waals surface area contributed by atoms with Gasteiger partial charge in [0.15, 0.2) is 0 Å². The molecule has 20 heavy (non-hydrogen) atoms. The largest absolute Gasteiger partial charge is 0.381 e. The second kappa shape index (κ2) is 7.48. The van der Waals surface area contributed by atoms with E-state index in [4.69, 9.17) is 0 Å². The average molecular weight is 271 g/mol. The predicted molar refractivity (Wildman–Crippen MR) is 81.4 cm³/mol. The third-order valence-corrected chi connectivity index (χ3v) is 3.38. The van der Waals surface area contributed by atoms with Crippen molar-refractivity contribution in [1.29, 1.82) is 0 Å². The number of nitrogens with one attached hydrogen (secondary N) is 1. The molecule has 0 aromatic carbocycles. The molecule has 4 nitrogen and oxygen atoms in total. The third-order valence-electron chi connectivity index (χ3n) is 3.38. The summed E-state index contributed by atoms with van der Waals surface area (Å²) in [6, 6.07) is 4.36. The van der Waals surface area contributed by atoms with Crippen LogP contribution in [0.25, 0.3) is 0 Å². The van der Waals surface area contributed by atoms with Crippen molar-refractivity contribution in [3.63, 3.8) is 0 Å². The van der Waals surface area contributed by atoms with Gasteiger partial charge < -0.3 is 10.2 Å². The summed E-state index contributed by atoms with van der Waals surface area (Å²) in [7, 11) is 0. The number of rotatable bonds is 4. The zero-order chi connectivity index (χ0) is 14.2. The molecule has 1 aliphatic rings. The number of aromatic nitrogens is 1. The van der Waals surface area contributed by atoms with Crippen LogP contribution in [0.4, 0.5) is 5.69 Å². The summed E-state index contributed by atoms with van der Waals surface area (Å²) in [4.78, 5) is 17.9. The molecule has 0 aliphatic carbocycles. The summed E-state index contributed by atoms with van der Waals surface area (Å²) in [5.41, 5.74) is 1.05. The van der Waals surface area contributed by atoms with Crippen molar-refractivity contribution in [3.05, 3.63) is 48.8 Å². The van der Waals surface area contributed by atoms with Crippen LogP contribution in [0.15, 0.2) is 48.8 Å². The first-order valence-corrected chi connectivity index (χ1v) is 7.04. The smallest absolute Gasteiger partial charge is 0.246 e. The molecule has 1 N–H and O–H groups in total. The molecule has 4 heteroatoms. The van der Waals surface area contributed by atoms with Crippen molar-refractivity contribution in [2.24, 2.45) is 0 Å². The lowest BCUT2D eigenvalue weighted by Crippen LogP contribution is -2.41. The Morgan fingerprint density at radius 3 is 2.85 bits per heavy atom. The number of anilines is 1. The van der Waals surface area contributed by atoms with Gasteiger partial charge in [-0.15, -0.1) is 0 Å². The summed E-state index contributed by atoms with van der Waals surface area (Å²) in [6.45, 7) is 3.54. The molecule has 1 aliphatic heterocycles. The lowest BCUT2D eigenvalue weighted by molar-refractivity contribution is -0.126. The van der Waals surface area contributed by atoms with Gasteiger partial charge in [0.2, 0.25) is 5.91 Å². The van der Waals surface area contributed by atoms with Gasteiger partial charge >= 0.3 is 0 Å². The van der Waals surface area contributed by atoms with Crippen molar-refractivity contribution in [2.45, 2.75) is 25.8 Å². The number of carbonyl (C=O) groups is 1. The van der Waals surface area contributed by atoms with E-state index in [2.05, 4.69) is 10.3 Å². The van der Waals surface area contributed by atoms with Crippen LogP contribution in [-0.4, -0.2) is 34.9 Å². The van der Waals surface area contributed by atoms with Crippen molar-refractivity contribution >= 4 is 11.6 Å². The quantitative estimate of drug-likeness (QED) is 0.676. The molecular formula is C16H21N3O. The maximum absolute atomic E-state index is 11.9. The predicted octanol–water partition coefficient (Wildman–Crippen LogP) is 2.62. The van der Waals surface area contributed by atoms with Crippen molar-refractivity contribution in [3.8, 4) is 0 Å². The van der Waals surface area contributed by atoms with Gasteiger partial charge in [0, 0.05) is 37.6 Å².